The summed E-state index contributed by atoms with van der Waals surface area (Å²) in [6.07, 6.45) is 4.21. The molecule has 3 aromatic heterocycles. The van der Waals surface area contributed by atoms with Gasteiger partial charge in [-0.1, -0.05) is 26.8 Å². The highest BCUT2D eigenvalue weighted by Gasteiger charge is 2.20. The van der Waals surface area contributed by atoms with E-state index in [2.05, 4.69) is 15.4 Å². The average Bonchev–Trinajstić information content (AvgIpc) is 2.99. The van der Waals surface area contributed by atoms with Crippen LogP contribution in [-0.2, 0) is 4.79 Å². The predicted molar refractivity (Wildman–Crippen MR) is 89.8 cm³/mol. The molecule has 0 aliphatic carbocycles. The molecule has 0 fully saturated rings. The van der Waals surface area contributed by atoms with E-state index in [0.29, 0.717) is 12.2 Å². The lowest BCUT2D eigenvalue weighted by molar-refractivity contribution is -0.117. The van der Waals surface area contributed by atoms with Gasteiger partial charge in [0.05, 0.1) is 5.69 Å². The van der Waals surface area contributed by atoms with Crippen molar-refractivity contribution in [1.82, 2.24) is 19.2 Å². The molecule has 120 valence electrons. The normalized spacial score (nSPS) is 11.8. The van der Waals surface area contributed by atoms with Crippen molar-refractivity contribution in [3.05, 3.63) is 42.4 Å². The second-order valence-electron chi connectivity index (χ2n) is 6.90. The van der Waals surface area contributed by atoms with E-state index in [-0.39, 0.29) is 11.3 Å². The zero-order chi connectivity index (χ0) is 16.6. The molecule has 0 saturated carbocycles. The van der Waals surface area contributed by atoms with E-state index in [1.807, 2.05) is 68.8 Å². The zero-order valence-corrected chi connectivity index (χ0v) is 13.9. The van der Waals surface area contributed by atoms with Crippen LogP contribution >= 0.6 is 0 Å². The Morgan fingerprint density at radius 3 is 2.65 bits per heavy atom. The van der Waals surface area contributed by atoms with Crippen molar-refractivity contribution >= 4 is 17.4 Å². The first kappa shape index (κ1) is 15.3. The fraction of sp³-hybridized carbons (Fsp3) is 0.353. The molecule has 3 aromatic rings. The third kappa shape index (κ3) is 3.26. The third-order valence-corrected chi connectivity index (χ3v) is 3.39. The molecule has 23 heavy (non-hydrogen) atoms. The van der Waals surface area contributed by atoms with Crippen molar-refractivity contribution in [2.75, 3.05) is 5.32 Å². The summed E-state index contributed by atoms with van der Waals surface area (Å²) in [5, 5.41) is 7.38. The van der Waals surface area contributed by atoms with Gasteiger partial charge in [0.2, 0.25) is 5.91 Å². The number of hydrogen-bond acceptors (Lipinski definition) is 3. The second-order valence-corrected chi connectivity index (χ2v) is 6.90. The first-order valence-electron chi connectivity index (χ1n) is 7.63. The minimum atomic E-state index is -0.0777. The molecule has 0 unspecified atom stereocenters. The Hall–Kier alpha value is -2.63. The molecule has 0 aliphatic rings. The van der Waals surface area contributed by atoms with Crippen LogP contribution in [0.2, 0.25) is 0 Å². The van der Waals surface area contributed by atoms with Crippen molar-refractivity contribution in [3.63, 3.8) is 0 Å². The third-order valence-electron chi connectivity index (χ3n) is 3.39. The van der Waals surface area contributed by atoms with Gasteiger partial charge in [-0.3, -0.25) is 9.20 Å². The van der Waals surface area contributed by atoms with Crippen molar-refractivity contribution in [2.45, 2.75) is 34.1 Å². The van der Waals surface area contributed by atoms with Gasteiger partial charge in [-0.05, 0) is 30.5 Å². The lowest BCUT2D eigenvalue weighted by Gasteiger charge is -2.17. The second kappa shape index (κ2) is 5.53. The van der Waals surface area contributed by atoms with E-state index in [1.165, 1.54) is 0 Å². The van der Waals surface area contributed by atoms with Crippen LogP contribution in [0.3, 0.4) is 0 Å². The number of nitrogens with zero attached hydrogens (tertiary/aromatic N) is 4. The highest BCUT2D eigenvalue weighted by atomic mass is 16.1. The number of aryl methyl sites for hydroxylation is 1. The Balaban J connectivity index is 2.04. The maximum atomic E-state index is 12.3. The summed E-state index contributed by atoms with van der Waals surface area (Å²) >= 11 is 0. The maximum Gasteiger partial charge on any atom is 0.226 e. The van der Waals surface area contributed by atoms with E-state index in [1.54, 1.807) is 4.68 Å². The highest BCUT2D eigenvalue weighted by Crippen LogP contribution is 2.24. The molecule has 6 heteroatoms. The standard InChI is InChI=1S/C17H21N5O/c1-12-8-10-22(20-12)16-15(19-14(23)11-17(2,3)4)18-13-7-5-6-9-21(13)16/h5-10H,11H2,1-4H3,(H,19,23). The zero-order valence-electron chi connectivity index (χ0n) is 13.9. The van der Waals surface area contributed by atoms with Crippen LogP contribution in [0.15, 0.2) is 36.7 Å². The summed E-state index contributed by atoms with van der Waals surface area (Å²) in [5.41, 5.74) is 1.59. The van der Waals surface area contributed by atoms with Crippen LogP contribution in [0, 0.1) is 12.3 Å². The maximum absolute atomic E-state index is 12.3. The number of nitrogens with one attached hydrogen (secondary N) is 1. The molecule has 6 nitrogen and oxygen atoms in total. The van der Waals surface area contributed by atoms with E-state index in [4.69, 9.17) is 0 Å². The summed E-state index contributed by atoms with van der Waals surface area (Å²) in [5.74, 6) is 1.20. The van der Waals surface area contributed by atoms with Gasteiger partial charge in [0.1, 0.15) is 5.65 Å². The van der Waals surface area contributed by atoms with Gasteiger partial charge in [-0.25, -0.2) is 9.67 Å². The monoisotopic (exact) mass is 311 g/mol. The van der Waals surface area contributed by atoms with E-state index in [0.717, 1.165) is 17.2 Å². The Kier molecular flexibility index (Phi) is 3.67. The highest BCUT2D eigenvalue weighted by molar-refractivity contribution is 5.92. The number of aromatic nitrogens is 4. The number of pyridine rings is 1. The van der Waals surface area contributed by atoms with Gasteiger partial charge in [-0.15, -0.1) is 0 Å². The number of rotatable bonds is 3. The number of imidazole rings is 1. The minimum absolute atomic E-state index is 0.0500. The molecule has 3 rings (SSSR count). The van der Waals surface area contributed by atoms with Crippen molar-refractivity contribution in [1.29, 1.82) is 0 Å². The van der Waals surface area contributed by atoms with Crippen molar-refractivity contribution in [2.24, 2.45) is 5.41 Å². The Labute approximate surface area is 135 Å². The molecular formula is C17H21N5O. The molecule has 0 bridgehead atoms. The largest absolute Gasteiger partial charge is 0.307 e. The fourth-order valence-corrected chi connectivity index (χ4v) is 2.48. The molecule has 1 N–H and O–H groups in total. The number of fused-ring (bicyclic) bond motifs is 1. The molecule has 1 amide bonds. The van der Waals surface area contributed by atoms with Crippen LogP contribution in [0.25, 0.3) is 11.5 Å². The van der Waals surface area contributed by atoms with Gasteiger partial charge >= 0.3 is 0 Å². The molecule has 0 aliphatic heterocycles. The van der Waals surface area contributed by atoms with Crippen LogP contribution in [-0.4, -0.2) is 25.1 Å². The fourth-order valence-electron chi connectivity index (χ4n) is 2.48. The number of anilines is 1. The van der Waals surface area contributed by atoms with E-state index in [9.17, 15) is 4.79 Å². The average molecular weight is 311 g/mol. The Morgan fingerprint density at radius 2 is 2.00 bits per heavy atom. The molecule has 0 saturated heterocycles. The van der Waals surface area contributed by atoms with Crippen LogP contribution in [0.4, 0.5) is 5.82 Å². The topological polar surface area (TPSA) is 64.2 Å². The Morgan fingerprint density at radius 1 is 1.22 bits per heavy atom. The van der Waals surface area contributed by atoms with Gasteiger partial charge in [-0.2, -0.15) is 5.10 Å². The van der Waals surface area contributed by atoms with E-state index < -0.39 is 0 Å². The predicted octanol–water partition coefficient (Wildman–Crippen LogP) is 3.20. The van der Waals surface area contributed by atoms with Gasteiger partial charge in [0.25, 0.3) is 0 Å². The molecule has 0 spiro atoms. The van der Waals surface area contributed by atoms with Crippen LogP contribution < -0.4 is 5.32 Å². The van der Waals surface area contributed by atoms with Crippen molar-refractivity contribution < 1.29 is 4.79 Å². The Bertz CT molecular complexity index is 853. The smallest absolute Gasteiger partial charge is 0.226 e. The molecule has 0 aromatic carbocycles. The first-order valence-corrected chi connectivity index (χ1v) is 7.63. The number of carbonyl (C=O) groups is 1. The summed E-state index contributed by atoms with van der Waals surface area (Å²) in [6.45, 7) is 8.04. The molecule has 0 atom stereocenters. The van der Waals surface area contributed by atoms with Crippen molar-refractivity contribution in [3.8, 4) is 5.82 Å². The van der Waals surface area contributed by atoms with Gasteiger partial charge < -0.3 is 5.32 Å². The first-order chi connectivity index (χ1) is 10.8. The number of carbonyl (C=O) groups excluding carboxylic acids is 1. The van der Waals surface area contributed by atoms with Gasteiger partial charge in [0, 0.05) is 18.8 Å². The SMILES string of the molecule is Cc1ccn(-c2c(NC(=O)CC(C)(C)C)nc3ccccn23)n1. The molecule has 0 radical (unpaired) electrons. The van der Waals surface area contributed by atoms with Gasteiger partial charge in [0.15, 0.2) is 11.6 Å². The lowest BCUT2D eigenvalue weighted by Crippen LogP contribution is -2.20. The summed E-state index contributed by atoms with van der Waals surface area (Å²) in [6, 6.07) is 7.67. The molecule has 3 heterocycles. The molecular weight excluding hydrogens is 290 g/mol. The number of hydrogen-bond donors (Lipinski definition) is 1. The number of amides is 1. The van der Waals surface area contributed by atoms with Crippen LogP contribution in [0.1, 0.15) is 32.9 Å². The lowest BCUT2D eigenvalue weighted by atomic mass is 9.92. The van der Waals surface area contributed by atoms with Crippen LogP contribution in [0.5, 0.6) is 0 Å². The summed E-state index contributed by atoms with van der Waals surface area (Å²) < 4.78 is 3.65. The summed E-state index contributed by atoms with van der Waals surface area (Å²) in [7, 11) is 0. The quantitative estimate of drug-likeness (QED) is 0.808. The summed E-state index contributed by atoms with van der Waals surface area (Å²) in [4.78, 5) is 16.8. The van der Waals surface area contributed by atoms with E-state index >= 15 is 0 Å². The minimum Gasteiger partial charge on any atom is -0.307 e.